The molecule has 0 saturated carbocycles. The van der Waals surface area contributed by atoms with Gasteiger partial charge in [0.15, 0.2) is 0 Å². The predicted molar refractivity (Wildman–Crippen MR) is 64.8 cm³/mol. The average Bonchev–Trinajstić information content (AvgIpc) is 2.39. The van der Waals surface area contributed by atoms with Gasteiger partial charge in [0.2, 0.25) is 0 Å². The fraction of sp³-hybridized carbons (Fsp3) is 0.0714. The molecule has 0 unspecified atom stereocenters. The van der Waals surface area contributed by atoms with Crippen molar-refractivity contribution in [1.82, 2.24) is 0 Å². The van der Waals surface area contributed by atoms with E-state index in [1.54, 1.807) is 24.3 Å². The van der Waals surface area contributed by atoms with E-state index in [0.717, 1.165) is 16.7 Å². The predicted octanol–water partition coefficient (Wildman–Crippen LogP) is 2.54. The largest absolute Gasteiger partial charge is 0.478 e. The van der Waals surface area contributed by atoms with E-state index in [0.29, 0.717) is 0 Å². The SMILES string of the molecule is O=C(O)c1ccc(-c2ccccc2CO)cc1. The summed E-state index contributed by atoms with van der Waals surface area (Å²) in [6.45, 7) is -0.0309. The van der Waals surface area contributed by atoms with Crippen LogP contribution in [0.25, 0.3) is 11.1 Å². The van der Waals surface area contributed by atoms with E-state index in [-0.39, 0.29) is 12.2 Å². The number of carboxylic acid groups (broad SMARTS) is 1. The molecule has 0 aliphatic carbocycles. The summed E-state index contributed by atoms with van der Waals surface area (Å²) in [7, 11) is 0. The van der Waals surface area contributed by atoms with E-state index in [1.165, 1.54) is 0 Å². The summed E-state index contributed by atoms with van der Waals surface area (Å²) in [5.41, 5.74) is 2.91. The summed E-state index contributed by atoms with van der Waals surface area (Å²) in [5, 5.41) is 18.0. The summed E-state index contributed by atoms with van der Waals surface area (Å²) in [4.78, 5) is 10.7. The van der Waals surface area contributed by atoms with Gasteiger partial charge in [-0.3, -0.25) is 0 Å². The van der Waals surface area contributed by atoms with Gasteiger partial charge in [0, 0.05) is 0 Å². The Morgan fingerprint density at radius 3 is 2.24 bits per heavy atom. The highest BCUT2D eigenvalue weighted by Crippen LogP contribution is 2.23. The fourth-order valence-electron chi connectivity index (χ4n) is 1.73. The first-order valence-corrected chi connectivity index (χ1v) is 5.25. The van der Waals surface area contributed by atoms with Crippen LogP contribution in [-0.2, 0) is 6.61 Å². The van der Waals surface area contributed by atoms with Gasteiger partial charge < -0.3 is 10.2 Å². The molecule has 0 amide bonds. The van der Waals surface area contributed by atoms with Crippen LogP contribution in [0.2, 0.25) is 0 Å². The zero-order valence-corrected chi connectivity index (χ0v) is 9.13. The van der Waals surface area contributed by atoms with Crippen molar-refractivity contribution in [3.63, 3.8) is 0 Å². The minimum atomic E-state index is -0.938. The molecule has 0 aliphatic rings. The third kappa shape index (κ3) is 2.34. The Kier molecular flexibility index (Phi) is 3.21. The molecule has 2 aromatic rings. The molecule has 3 nitrogen and oxygen atoms in total. The van der Waals surface area contributed by atoms with E-state index in [9.17, 15) is 9.90 Å². The minimum absolute atomic E-state index is 0.0309. The highest BCUT2D eigenvalue weighted by molar-refractivity contribution is 5.88. The molecule has 17 heavy (non-hydrogen) atoms. The van der Waals surface area contributed by atoms with Gasteiger partial charge in [-0.1, -0.05) is 36.4 Å². The second kappa shape index (κ2) is 4.80. The summed E-state index contributed by atoms with van der Waals surface area (Å²) < 4.78 is 0. The number of rotatable bonds is 3. The van der Waals surface area contributed by atoms with Crippen LogP contribution in [0.4, 0.5) is 0 Å². The molecule has 0 heterocycles. The minimum Gasteiger partial charge on any atom is -0.478 e. The number of aromatic carboxylic acids is 1. The Balaban J connectivity index is 2.43. The molecule has 2 rings (SSSR count). The van der Waals surface area contributed by atoms with Crippen molar-refractivity contribution in [2.45, 2.75) is 6.61 Å². The number of hydrogen-bond acceptors (Lipinski definition) is 2. The molecular formula is C14H12O3. The lowest BCUT2D eigenvalue weighted by atomic mass is 9.99. The first-order chi connectivity index (χ1) is 8.22. The zero-order valence-electron chi connectivity index (χ0n) is 9.13. The van der Waals surface area contributed by atoms with Crippen LogP contribution in [0, 0.1) is 0 Å². The molecule has 0 spiro atoms. The summed E-state index contributed by atoms with van der Waals surface area (Å²) in [5.74, 6) is -0.938. The molecule has 2 N–H and O–H groups in total. The molecule has 0 aromatic heterocycles. The van der Waals surface area contributed by atoms with Crippen LogP contribution >= 0.6 is 0 Å². The van der Waals surface area contributed by atoms with E-state index >= 15 is 0 Å². The number of carboxylic acids is 1. The second-order valence-electron chi connectivity index (χ2n) is 3.70. The van der Waals surface area contributed by atoms with Gasteiger partial charge in [-0.05, 0) is 28.8 Å². The molecule has 86 valence electrons. The van der Waals surface area contributed by atoms with Gasteiger partial charge in [-0.2, -0.15) is 0 Å². The smallest absolute Gasteiger partial charge is 0.335 e. The summed E-state index contributed by atoms with van der Waals surface area (Å²) in [6.07, 6.45) is 0. The van der Waals surface area contributed by atoms with Gasteiger partial charge in [0.25, 0.3) is 0 Å². The third-order valence-corrected chi connectivity index (χ3v) is 2.63. The van der Waals surface area contributed by atoms with E-state index in [1.807, 2.05) is 24.3 Å². The molecule has 0 aliphatic heterocycles. The Labute approximate surface area is 99.0 Å². The van der Waals surface area contributed by atoms with Crippen molar-refractivity contribution in [1.29, 1.82) is 0 Å². The van der Waals surface area contributed by atoms with E-state index in [2.05, 4.69) is 0 Å². The van der Waals surface area contributed by atoms with Crippen LogP contribution in [0.3, 0.4) is 0 Å². The fourth-order valence-corrected chi connectivity index (χ4v) is 1.73. The lowest BCUT2D eigenvalue weighted by Gasteiger charge is -2.07. The van der Waals surface area contributed by atoms with Gasteiger partial charge in [0.1, 0.15) is 0 Å². The normalized spacial score (nSPS) is 10.2. The number of benzene rings is 2. The highest BCUT2D eigenvalue weighted by Gasteiger charge is 2.05. The van der Waals surface area contributed by atoms with Gasteiger partial charge in [-0.15, -0.1) is 0 Å². The Hall–Kier alpha value is -2.13. The standard InChI is InChI=1S/C14H12O3/c15-9-12-3-1-2-4-13(12)10-5-7-11(8-6-10)14(16)17/h1-8,15H,9H2,(H,16,17). The van der Waals surface area contributed by atoms with Crippen molar-refractivity contribution in [2.75, 3.05) is 0 Å². The lowest BCUT2D eigenvalue weighted by molar-refractivity contribution is 0.0697. The molecule has 3 heteroatoms. The lowest BCUT2D eigenvalue weighted by Crippen LogP contribution is -1.95. The van der Waals surface area contributed by atoms with E-state index in [4.69, 9.17) is 5.11 Å². The summed E-state index contributed by atoms with van der Waals surface area (Å²) >= 11 is 0. The van der Waals surface area contributed by atoms with Gasteiger partial charge in [-0.25, -0.2) is 4.79 Å². The molecule has 2 aromatic carbocycles. The molecule has 0 bridgehead atoms. The summed E-state index contributed by atoms with van der Waals surface area (Å²) in [6, 6.07) is 14.1. The number of aliphatic hydroxyl groups is 1. The number of aliphatic hydroxyl groups excluding tert-OH is 1. The van der Waals surface area contributed by atoms with Crippen LogP contribution in [-0.4, -0.2) is 16.2 Å². The van der Waals surface area contributed by atoms with Crippen molar-refractivity contribution >= 4 is 5.97 Å². The van der Waals surface area contributed by atoms with Crippen molar-refractivity contribution < 1.29 is 15.0 Å². The first kappa shape index (κ1) is 11.4. The maximum atomic E-state index is 10.7. The molecule has 0 fully saturated rings. The Morgan fingerprint density at radius 1 is 1.00 bits per heavy atom. The Morgan fingerprint density at radius 2 is 1.65 bits per heavy atom. The number of carbonyl (C=O) groups is 1. The molecule has 0 radical (unpaired) electrons. The van der Waals surface area contributed by atoms with Crippen molar-refractivity contribution in [2.24, 2.45) is 0 Å². The van der Waals surface area contributed by atoms with E-state index < -0.39 is 5.97 Å². The van der Waals surface area contributed by atoms with Crippen molar-refractivity contribution in [3.8, 4) is 11.1 Å². The molecule has 0 atom stereocenters. The topological polar surface area (TPSA) is 57.5 Å². The molecule has 0 saturated heterocycles. The Bertz CT molecular complexity index is 529. The second-order valence-corrected chi connectivity index (χ2v) is 3.70. The van der Waals surface area contributed by atoms with Crippen LogP contribution in [0.5, 0.6) is 0 Å². The average molecular weight is 228 g/mol. The maximum absolute atomic E-state index is 10.7. The third-order valence-electron chi connectivity index (χ3n) is 2.63. The maximum Gasteiger partial charge on any atom is 0.335 e. The van der Waals surface area contributed by atoms with Crippen LogP contribution < -0.4 is 0 Å². The zero-order chi connectivity index (χ0) is 12.3. The van der Waals surface area contributed by atoms with Gasteiger partial charge >= 0.3 is 5.97 Å². The monoisotopic (exact) mass is 228 g/mol. The molecular weight excluding hydrogens is 216 g/mol. The number of hydrogen-bond donors (Lipinski definition) is 2. The van der Waals surface area contributed by atoms with Crippen LogP contribution in [0.15, 0.2) is 48.5 Å². The quantitative estimate of drug-likeness (QED) is 0.848. The highest BCUT2D eigenvalue weighted by atomic mass is 16.4. The van der Waals surface area contributed by atoms with Crippen molar-refractivity contribution in [3.05, 3.63) is 59.7 Å². The van der Waals surface area contributed by atoms with Crippen LogP contribution in [0.1, 0.15) is 15.9 Å². The van der Waals surface area contributed by atoms with Gasteiger partial charge in [0.05, 0.1) is 12.2 Å². The first-order valence-electron chi connectivity index (χ1n) is 5.25.